The Kier molecular flexibility index (Phi) is 18.3. The Bertz CT molecular complexity index is 563. The predicted molar refractivity (Wildman–Crippen MR) is 133 cm³/mol. The van der Waals surface area contributed by atoms with Gasteiger partial charge in [-0.2, -0.15) is 8.42 Å². The number of rotatable bonds is 23. The van der Waals surface area contributed by atoms with Gasteiger partial charge < -0.3 is 9.59 Å². The molecule has 0 aromatic heterocycles. The molecule has 0 saturated heterocycles. The van der Waals surface area contributed by atoms with Gasteiger partial charge in [0.15, 0.2) is 0 Å². The highest BCUT2D eigenvalue weighted by atomic mass is 32.2. The molecule has 7 heteroatoms. The lowest BCUT2D eigenvalue weighted by molar-refractivity contribution is -0.893. The van der Waals surface area contributed by atoms with E-state index in [2.05, 4.69) is 6.92 Å². The minimum atomic E-state index is -3.50. The smallest absolute Gasteiger partial charge is 0.303 e. The van der Waals surface area contributed by atoms with Gasteiger partial charge in [-0.15, -0.1) is 0 Å². The average molecular weight is 479 g/mol. The maximum Gasteiger partial charge on any atom is 0.303 e. The van der Waals surface area contributed by atoms with Crippen LogP contribution in [-0.2, 0) is 19.1 Å². The first-order valence-corrected chi connectivity index (χ1v) is 14.8. The number of hydrogen-bond donors (Lipinski definition) is 1. The average Bonchev–Trinajstić information content (AvgIpc) is 2.66. The molecule has 1 unspecified atom stereocenters. The summed E-state index contributed by atoms with van der Waals surface area (Å²) in [6.45, 7) is 3.52. The molecular formula is C25H52NO5S+. The van der Waals surface area contributed by atoms with Crippen LogP contribution in [-0.4, -0.2) is 63.5 Å². The van der Waals surface area contributed by atoms with Crippen molar-refractivity contribution in [3.05, 3.63) is 0 Å². The van der Waals surface area contributed by atoms with Crippen molar-refractivity contribution in [2.75, 3.05) is 33.4 Å². The van der Waals surface area contributed by atoms with Crippen LogP contribution < -0.4 is 0 Å². The Morgan fingerprint density at radius 3 is 1.66 bits per heavy atom. The zero-order valence-corrected chi connectivity index (χ0v) is 22.3. The second-order valence-electron chi connectivity index (χ2n) is 10.1. The van der Waals surface area contributed by atoms with Gasteiger partial charge >= 0.3 is 5.97 Å². The van der Waals surface area contributed by atoms with E-state index in [0.29, 0.717) is 24.0 Å². The molecule has 0 heterocycles. The summed E-state index contributed by atoms with van der Waals surface area (Å²) in [6, 6.07) is 0. The Labute approximate surface area is 198 Å². The first-order valence-electron chi connectivity index (χ1n) is 13.0. The number of carboxylic acid groups (broad SMARTS) is 1. The molecule has 0 aliphatic carbocycles. The van der Waals surface area contributed by atoms with E-state index in [0.717, 1.165) is 25.5 Å². The molecule has 0 amide bonds. The van der Waals surface area contributed by atoms with Gasteiger partial charge in [0.2, 0.25) is 0 Å². The van der Waals surface area contributed by atoms with Crippen molar-refractivity contribution < 1.29 is 27.0 Å². The molecule has 0 spiro atoms. The van der Waals surface area contributed by atoms with Crippen molar-refractivity contribution >= 4 is 16.1 Å². The van der Waals surface area contributed by atoms with E-state index < -0.39 is 16.1 Å². The lowest BCUT2D eigenvalue weighted by Crippen LogP contribution is -2.47. The van der Waals surface area contributed by atoms with E-state index >= 15 is 0 Å². The van der Waals surface area contributed by atoms with Crippen molar-refractivity contribution in [2.45, 2.75) is 122 Å². The molecule has 6 nitrogen and oxygen atoms in total. The molecule has 32 heavy (non-hydrogen) atoms. The number of likely N-dealkylation sites (N-methyl/N-ethyl adjacent to an activating group) is 1. The molecule has 0 aliphatic heterocycles. The number of unbranched alkanes of at least 4 members (excludes halogenated alkanes) is 13. The zero-order valence-electron chi connectivity index (χ0n) is 21.4. The molecule has 192 valence electrons. The second-order valence-corrected chi connectivity index (χ2v) is 11.7. The van der Waals surface area contributed by atoms with E-state index in [1.807, 2.05) is 14.1 Å². The van der Waals surface area contributed by atoms with Gasteiger partial charge in [0.25, 0.3) is 10.1 Å². The van der Waals surface area contributed by atoms with Crippen molar-refractivity contribution in [1.29, 1.82) is 0 Å². The summed E-state index contributed by atoms with van der Waals surface area (Å²) < 4.78 is 29.3. The summed E-state index contributed by atoms with van der Waals surface area (Å²) in [6.07, 6.45) is 20.3. The topological polar surface area (TPSA) is 80.7 Å². The minimum Gasteiger partial charge on any atom is -0.481 e. The molecule has 0 rings (SSSR count). The maximum atomic E-state index is 11.7. The minimum absolute atomic E-state index is 0.137. The predicted octanol–water partition coefficient (Wildman–Crippen LogP) is 6.14. The summed E-state index contributed by atoms with van der Waals surface area (Å²) in [5.74, 6) is -0.795. The molecule has 1 atom stereocenters. The Morgan fingerprint density at radius 1 is 0.812 bits per heavy atom. The number of aliphatic carboxylic acids is 1. The summed E-state index contributed by atoms with van der Waals surface area (Å²) in [7, 11) is 0.508. The van der Waals surface area contributed by atoms with Gasteiger partial charge in [-0.05, 0) is 6.42 Å². The van der Waals surface area contributed by atoms with Crippen LogP contribution in [0.3, 0.4) is 0 Å². The van der Waals surface area contributed by atoms with Crippen LogP contribution in [0.1, 0.15) is 116 Å². The zero-order chi connectivity index (χ0) is 24.3. The van der Waals surface area contributed by atoms with E-state index in [-0.39, 0.29) is 12.5 Å². The molecule has 0 bridgehead atoms. The number of carboxylic acids is 1. The molecular weight excluding hydrogens is 426 g/mol. The fourth-order valence-electron chi connectivity index (χ4n) is 4.28. The van der Waals surface area contributed by atoms with Gasteiger partial charge in [0.1, 0.15) is 12.6 Å². The quantitative estimate of drug-likeness (QED) is 0.108. The monoisotopic (exact) mass is 478 g/mol. The molecule has 1 N–H and O–H groups in total. The summed E-state index contributed by atoms with van der Waals surface area (Å²) in [5, 5.41) is 8.83. The maximum absolute atomic E-state index is 11.7. The number of nitrogens with zero attached hydrogens (tertiary/aromatic N) is 1. The number of hydrogen-bond acceptors (Lipinski definition) is 4. The van der Waals surface area contributed by atoms with Gasteiger partial charge in [-0.1, -0.05) is 96.8 Å². The fraction of sp³-hybridized carbons (Fsp3) is 0.960. The highest BCUT2D eigenvalue weighted by Gasteiger charge is 2.25. The van der Waals surface area contributed by atoms with Crippen LogP contribution in [0.5, 0.6) is 0 Å². The van der Waals surface area contributed by atoms with Crippen LogP contribution in [0.25, 0.3) is 0 Å². The Morgan fingerprint density at radius 2 is 1.25 bits per heavy atom. The van der Waals surface area contributed by atoms with Crippen LogP contribution >= 0.6 is 0 Å². The van der Waals surface area contributed by atoms with Gasteiger partial charge in [-0.3, -0.25) is 8.98 Å². The van der Waals surface area contributed by atoms with Crippen LogP contribution in [0.15, 0.2) is 0 Å². The summed E-state index contributed by atoms with van der Waals surface area (Å²) in [4.78, 5) is 10.7. The first kappa shape index (κ1) is 31.3. The molecule has 0 fully saturated rings. The molecule has 0 saturated carbocycles. The van der Waals surface area contributed by atoms with Crippen molar-refractivity contribution in [2.24, 2.45) is 0 Å². The number of carbonyl (C=O) groups is 1. The van der Waals surface area contributed by atoms with Crippen molar-refractivity contribution in [3.63, 3.8) is 0 Å². The highest BCUT2D eigenvalue weighted by Crippen LogP contribution is 2.17. The van der Waals surface area contributed by atoms with Gasteiger partial charge in [-0.25, -0.2) is 0 Å². The van der Waals surface area contributed by atoms with Crippen LogP contribution in [0.4, 0.5) is 0 Å². The van der Waals surface area contributed by atoms with E-state index in [9.17, 15) is 13.2 Å². The third kappa shape index (κ3) is 22.5. The van der Waals surface area contributed by atoms with Crippen molar-refractivity contribution in [1.82, 2.24) is 0 Å². The lowest BCUT2D eigenvalue weighted by atomic mass is 10.0. The van der Waals surface area contributed by atoms with E-state index in [1.165, 1.54) is 77.0 Å². The Balaban J connectivity index is 3.95. The first-order chi connectivity index (χ1) is 15.1. The third-order valence-electron chi connectivity index (χ3n) is 6.04. The molecule has 0 aliphatic rings. The van der Waals surface area contributed by atoms with Gasteiger partial charge in [0, 0.05) is 6.42 Å². The summed E-state index contributed by atoms with van der Waals surface area (Å²) >= 11 is 0. The Hall–Kier alpha value is -0.660. The SMILES string of the molecule is CCCCCCCCCCCCCCCCC(C[N+](C)(C)CCCC(=O)O)OS(C)(=O)=O. The van der Waals surface area contributed by atoms with Crippen molar-refractivity contribution in [3.8, 4) is 0 Å². The van der Waals surface area contributed by atoms with Gasteiger partial charge in [0.05, 0.1) is 33.3 Å². The van der Waals surface area contributed by atoms with E-state index in [4.69, 9.17) is 9.29 Å². The summed E-state index contributed by atoms with van der Waals surface area (Å²) in [5.41, 5.74) is 0. The molecule has 0 radical (unpaired) electrons. The van der Waals surface area contributed by atoms with Crippen LogP contribution in [0, 0.1) is 0 Å². The van der Waals surface area contributed by atoms with E-state index in [1.54, 1.807) is 0 Å². The largest absolute Gasteiger partial charge is 0.481 e. The van der Waals surface area contributed by atoms with Crippen LogP contribution in [0.2, 0.25) is 0 Å². The molecule has 0 aromatic rings. The third-order valence-corrected chi connectivity index (χ3v) is 6.66. The standard InChI is InChI=1S/C25H51NO5S/c1-5-6-7-8-9-10-11-12-13-14-15-16-17-18-20-24(31-32(4,29)30)23-26(2,3)22-19-21-25(27)28/h24H,5-23H2,1-4H3/p+1. The normalized spacial score (nSPS) is 13.4. The lowest BCUT2D eigenvalue weighted by Gasteiger charge is -2.33. The highest BCUT2D eigenvalue weighted by molar-refractivity contribution is 7.86. The fourth-order valence-corrected chi connectivity index (χ4v) is 4.94. The number of quaternary nitrogens is 1. The second kappa shape index (κ2) is 18.7. The molecule has 0 aromatic carbocycles.